The molecular weight excluding hydrogens is 208 g/mol. The van der Waals surface area contributed by atoms with Crippen LogP contribution in [0.4, 0.5) is 0 Å². The molecule has 0 aromatic heterocycles. The monoisotopic (exact) mass is 224 g/mol. The van der Waals surface area contributed by atoms with Gasteiger partial charge in [-0.3, -0.25) is 0 Å². The Morgan fingerprint density at radius 1 is 1.15 bits per heavy atom. The van der Waals surface area contributed by atoms with Crippen LogP contribution in [0.3, 0.4) is 0 Å². The van der Waals surface area contributed by atoms with Crippen molar-refractivity contribution in [3.05, 3.63) is 0 Å². The van der Waals surface area contributed by atoms with E-state index in [1.165, 1.54) is 0 Å². The molecule has 0 aromatic rings. The van der Waals surface area contributed by atoms with Crippen molar-refractivity contribution < 1.29 is 18.0 Å². The Morgan fingerprint density at radius 3 is 1.92 bits per heavy atom. The highest BCUT2D eigenvalue weighted by atomic mass is 32.1. The van der Waals surface area contributed by atoms with Gasteiger partial charge in [-0.1, -0.05) is 0 Å². The molecule has 0 aromatic carbocycles. The van der Waals surface area contributed by atoms with Gasteiger partial charge in [0, 0.05) is 21.3 Å². The summed E-state index contributed by atoms with van der Waals surface area (Å²) in [5, 5.41) is 0.472. The van der Waals surface area contributed by atoms with Gasteiger partial charge in [-0.15, -0.1) is 0 Å². The number of hydrogen-bond donors (Lipinski definition) is 0. The average molecular weight is 224 g/mol. The summed E-state index contributed by atoms with van der Waals surface area (Å²) in [6.07, 6.45) is 0. The number of ether oxygens (including phenoxy) is 1. The second-order valence-electron chi connectivity index (χ2n) is 2.28. The van der Waals surface area contributed by atoms with E-state index in [9.17, 15) is 0 Å². The summed E-state index contributed by atoms with van der Waals surface area (Å²) < 4.78 is 20.7. The maximum atomic E-state index is 5.18. The lowest BCUT2D eigenvalue weighted by atomic mass is 10.8. The van der Waals surface area contributed by atoms with Gasteiger partial charge in [0.1, 0.15) is 0 Å². The molecule has 13 heavy (non-hydrogen) atoms. The first kappa shape index (κ1) is 13.0. The molecule has 0 atom stereocenters. The molecule has 0 spiro atoms. The van der Waals surface area contributed by atoms with Crippen LogP contribution in [0, 0.1) is 0 Å². The minimum absolute atomic E-state index is 0.416. The summed E-state index contributed by atoms with van der Waals surface area (Å²) in [4.78, 5) is 0. The van der Waals surface area contributed by atoms with Crippen LogP contribution in [0.1, 0.15) is 6.92 Å². The molecule has 4 nitrogen and oxygen atoms in total. The predicted octanol–water partition coefficient (Wildman–Crippen LogP) is 1.23. The van der Waals surface area contributed by atoms with Crippen LogP contribution in [0.15, 0.2) is 0 Å². The van der Waals surface area contributed by atoms with Gasteiger partial charge in [-0.25, -0.2) is 0 Å². The van der Waals surface area contributed by atoms with E-state index in [1.54, 1.807) is 21.3 Å². The van der Waals surface area contributed by atoms with Gasteiger partial charge in [0.05, 0.1) is 12.7 Å². The third-order valence-corrected chi connectivity index (χ3v) is 4.74. The SMILES string of the molecule is CCOC(=S)C[Si](OC)(OC)OC. The first-order valence-electron chi connectivity index (χ1n) is 3.95. The van der Waals surface area contributed by atoms with Gasteiger partial charge < -0.3 is 18.0 Å². The van der Waals surface area contributed by atoms with Crippen molar-refractivity contribution in [3.8, 4) is 0 Å². The molecule has 0 fully saturated rings. The van der Waals surface area contributed by atoms with E-state index in [2.05, 4.69) is 0 Å². The van der Waals surface area contributed by atoms with E-state index in [0.717, 1.165) is 0 Å². The van der Waals surface area contributed by atoms with Gasteiger partial charge in [-0.2, -0.15) is 0 Å². The van der Waals surface area contributed by atoms with Gasteiger partial charge in [0.2, 0.25) is 0 Å². The molecule has 6 heteroatoms. The summed E-state index contributed by atoms with van der Waals surface area (Å²) in [5.74, 6) is 0. The Morgan fingerprint density at radius 2 is 1.62 bits per heavy atom. The summed E-state index contributed by atoms with van der Waals surface area (Å²) in [6.45, 7) is 2.43. The molecule has 0 aliphatic carbocycles. The maximum Gasteiger partial charge on any atom is 0.508 e. The Hall–Kier alpha value is -0.0131. The Kier molecular flexibility index (Phi) is 6.44. The van der Waals surface area contributed by atoms with Crippen LogP contribution in [0.5, 0.6) is 0 Å². The molecule has 0 saturated carbocycles. The first-order chi connectivity index (χ1) is 6.14. The van der Waals surface area contributed by atoms with Crippen molar-refractivity contribution in [3.63, 3.8) is 0 Å². The number of thiocarbonyl (C=S) groups is 1. The molecule has 0 N–H and O–H groups in total. The zero-order chi connectivity index (χ0) is 10.3. The smallest absolute Gasteiger partial charge is 0.487 e. The fraction of sp³-hybridized carbons (Fsp3) is 0.857. The molecule has 78 valence electrons. The van der Waals surface area contributed by atoms with E-state index < -0.39 is 8.80 Å². The number of hydrogen-bond acceptors (Lipinski definition) is 5. The molecule has 0 unspecified atom stereocenters. The van der Waals surface area contributed by atoms with Crippen molar-refractivity contribution in [1.82, 2.24) is 0 Å². The van der Waals surface area contributed by atoms with Gasteiger partial charge >= 0.3 is 8.80 Å². The van der Waals surface area contributed by atoms with Crippen LogP contribution in [0.25, 0.3) is 0 Å². The fourth-order valence-corrected chi connectivity index (χ4v) is 2.89. The zero-order valence-electron chi connectivity index (χ0n) is 8.46. The largest absolute Gasteiger partial charge is 0.508 e. The highest BCUT2D eigenvalue weighted by Crippen LogP contribution is 2.14. The van der Waals surface area contributed by atoms with Crippen LogP contribution >= 0.6 is 12.2 Å². The van der Waals surface area contributed by atoms with Crippen LogP contribution < -0.4 is 0 Å². The van der Waals surface area contributed by atoms with Crippen molar-refractivity contribution in [2.24, 2.45) is 0 Å². The fourth-order valence-electron chi connectivity index (χ4n) is 0.855. The van der Waals surface area contributed by atoms with E-state index in [-0.39, 0.29) is 0 Å². The Labute approximate surface area is 85.5 Å². The molecule has 0 heterocycles. The molecule has 0 amide bonds. The van der Waals surface area contributed by atoms with Crippen LogP contribution in [-0.2, 0) is 18.0 Å². The van der Waals surface area contributed by atoms with Gasteiger partial charge in [-0.05, 0) is 19.1 Å². The molecule has 0 aliphatic rings. The average Bonchev–Trinajstić information content (AvgIpc) is 2.15. The minimum atomic E-state index is -2.58. The lowest BCUT2D eigenvalue weighted by molar-refractivity contribution is 0.126. The first-order valence-corrected chi connectivity index (χ1v) is 6.29. The van der Waals surface area contributed by atoms with Crippen LogP contribution in [-0.4, -0.2) is 41.8 Å². The van der Waals surface area contributed by atoms with E-state index in [1.807, 2.05) is 6.92 Å². The molecule has 0 rings (SSSR count). The molecule has 0 aliphatic heterocycles. The van der Waals surface area contributed by atoms with Crippen LogP contribution in [0.2, 0.25) is 6.04 Å². The van der Waals surface area contributed by atoms with E-state index in [0.29, 0.717) is 17.7 Å². The minimum Gasteiger partial charge on any atom is -0.487 e. The highest BCUT2D eigenvalue weighted by Gasteiger charge is 2.39. The standard InChI is InChI=1S/C7H16O4SSi/c1-5-11-7(12)6-13(8-2,9-3)10-4/h5-6H2,1-4H3. The molecule has 0 radical (unpaired) electrons. The lowest BCUT2D eigenvalue weighted by Crippen LogP contribution is -2.44. The molecule has 0 saturated heterocycles. The summed E-state index contributed by atoms with van der Waals surface area (Å²) in [5.41, 5.74) is 0. The van der Waals surface area contributed by atoms with Gasteiger partial charge in [0.15, 0.2) is 5.05 Å². The summed E-state index contributed by atoms with van der Waals surface area (Å²) in [7, 11) is 2.06. The molecular formula is C7H16O4SSi. The molecule has 0 bridgehead atoms. The third kappa shape index (κ3) is 4.14. The zero-order valence-corrected chi connectivity index (χ0v) is 10.3. The Balaban J connectivity index is 4.16. The van der Waals surface area contributed by atoms with Crippen molar-refractivity contribution in [2.45, 2.75) is 13.0 Å². The van der Waals surface area contributed by atoms with E-state index >= 15 is 0 Å². The quantitative estimate of drug-likeness (QED) is 0.501. The normalized spacial score (nSPS) is 11.4. The second-order valence-corrected chi connectivity index (χ2v) is 5.68. The maximum absolute atomic E-state index is 5.18. The predicted molar refractivity (Wildman–Crippen MR) is 55.8 cm³/mol. The summed E-state index contributed by atoms with van der Waals surface area (Å²) >= 11 is 4.97. The van der Waals surface area contributed by atoms with Crippen molar-refractivity contribution in [1.29, 1.82) is 0 Å². The topological polar surface area (TPSA) is 36.9 Å². The summed E-state index contributed by atoms with van der Waals surface area (Å²) in [6, 6.07) is 0.416. The van der Waals surface area contributed by atoms with Gasteiger partial charge in [0.25, 0.3) is 0 Å². The second kappa shape index (κ2) is 6.44. The van der Waals surface area contributed by atoms with Crippen molar-refractivity contribution in [2.75, 3.05) is 27.9 Å². The third-order valence-electron chi connectivity index (χ3n) is 1.60. The Bertz CT molecular complexity index is 152. The van der Waals surface area contributed by atoms with Crippen molar-refractivity contribution >= 4 is 26.1 Å². The number of rotatable bonds is 6. The van der Waals surface area contributed by atoms with E-state index in [4.69, 9.17) is 30.2 Å². The highest BCUT2D eigenvalue weighted by molar-refractivity contribution is 7.80. The lowest BCUT2D eigenvalue weighted by Gasteiger charge is -2.24.